The first-order valence-corrected chi connectivity index (χ1v) is 8.03. The largest absolute Gasteiger partial charge is 0.507 e. The Bertz CT molecular complexity index is 709. The fraction of sp³-hybridized carbons (Fsp3) is 0.316. The van der Waals surface area contributed by atoms with Gasteiger partial charge < -0.3 is 19.7 Å². The number of phenolic OH excluding ortho intramolecular Hbond substituents is 2. The van der Waals surface area contributed by atoms with Crippen LogP contribution < -0.4 is 9.47 Å². The summed E-state index contributed by atoms with van der Waals surface area (Å²) in [7, 11) is 0. The number of hydrogen-bond donors (Lipinski definition) is 2. The first kappa shape index (κ1) is 17.7. The summed E-state index contributed by atoms with van der Waals surface area (Å²) >= 11 is 0. The van der Waals surface area contributed by atoms with Gasteiger partial charge in [-0.25, -0.2) is 0 Å². The number of unbranched alkanes of at least 4 members (excludes halogenated alkanes) is 1. The monoisotopic (exact) mass is 330 g/mol. The smallest absolute Gasteiger partial charge is 0.200 e. The van der Waals surface area contributed by atoms with Gasteiger partial charge in [0.15, 0.2) is 5.78 Å². The van der Waals surface area contributed by atoms with Crippen LogP contribution in [-0.4, -0.2) is 29.2 Å². The molecule has 0 spiro atoms. The Hall–Kier alpha value is -2.69. The van der Waals surface area contributed by atoms with Crippen LogP contribution in [0.25, 0.3) is 0 Å². The van der Waals surface area contributed by atoms with Crippen LogP contribution in [0.5, 0.6) is 23.0 Å². The van der Waals surface area contributed by atoms with E-state index in [4.69, 9.17) is 9.47 Å². The van der Waals surface area contributed by atoms with E-state index in [0.29, 0.717) is 24.7 Å². The van der Waals surface area contributed by atoms with Crippen LogP contribution in [0.1, 0.15) is 42.6 Å². The second kappa shape index (κ2) is 8.24. The first-order valence-electron chi connectivity index (χ1n) is 8.03. The van der Waals surface area contributed by atoms with Crippen molar-refractivity contribution < 1.29 is 24.5 Å². The van der Waals surface area contributed by atoms with E-state index in [1.54, 1.807) is 12.1 Å². The number of aromatic hydroxyl groups is 2. The molecule has 24 heavy (non-hydrogen) atoms. The molecule has 0 aliphatic heterocycles. The van der Waals surface area contributed by atoms with Crippen molar-refractivity contribution in [3.05, 3.63) is 47.5 Å². The lowest BCUT2D eigenvalue weighted by Gasteiger charge is -2.10. The van der Waals surface area contributed by atoms with Gasteiger partial charge in [0.2, 0.25) is 0 Å². The van der Waals surface area contributed by atoms with Crippen LogP contribution in [0.2, 0.25) is 0 Å². The van der Waals surface area contributed by atoms with E-state index in [2.05, 4.69) is 6.92 Å². The topological polar surface area (TPSA) is 76.0 Å². The number of rotatable bonds is 8. The molecule has 0 radical (unpaired) electrons. The van der Waals surface area contributed by atoms with Gasteiger partial charge in [-0.05, 0) is 37.6 Å². The van der Waals surface area contributed by atoms with Gasteiger partial charge in [0, 0.05) is 12.1 Å². The molecule has 0 aromatic heterocycles. The molecule has 0 unspecified atom stereocenters. The number of carbonyl (C=O) groups is 1. The van der Waals surface area contributed by atoms with Crippen LogP contribution in [0, 0.1) is 0 Å². The maximum absolute atomic E-state index is 12.5. The van der Waals surface area contributed by atoms with Crippen molar-refractivity contribution in [2.45, 2.75) is 26.7 Å². The normalized spacial score (nSPS) is 10.4. The Kier molecular flexibility index (Phi) is 6.07. The minimum Gasteiger partial charge on any atom is -0.507 e. The SMILES string of the molecule is CCCCOc1ccc(C(=O)c2ccc(OCC)cc2O)c(O)c1. The molecule has 0 aliphatic rings. The van der Waals surface area contributed by atoms with Crippen molar-refractivity contribution in [2.75, 3.05) is 13.2 Å². The Morgan fingerprint density at radius 3 is 1.92 bits per heavy atom. The quantitative estimate of drug-likeness (QED) is 0.567. The van der Waals surface area contributed by atoms with E-state index in [0.717, 1.165) is 12.8 Å². The van der Waals surface area contributed by atoms with Gasteiger partial charge in [0.05, 0.1) is 24.3 Å². The molecule has 2 aromatic carbocycles. The van der Waals surface area contributed by atoms with Gasteiger partial charge in [-0.15, -0.1) is 0 Å². The van der Waals surface area contributed by atoms with Gasteiger partial charge >= 0.3 is 0 Å². The summed E-state index contributed by atoms with van der Waals surface area (Å²) in [6.45, 7) is 4.92. The van der Waals surface area contributed by atoms with E-state index < -0.39 is 5.78 Å². The summed E-state index contributed by atoms with van der Waals surface area (Å²) in [5, 5.41) is 20.1. The summed E-state index contributed by atoms with van der Waals surface area (Å²) in [5.74, 6) is 0.160. The maximum atomic E-state index is 12.5. The fourth-order valence-electron chi connectivity index (χ4n) is 2.23. The van der Waals surface area contributed by atoms with E-state index in [1.165, 1.54) is 24.3 Å². The third kappa shape index (κ3) is 4.19. The minimum atomic E-state index is -0.465. The number of ether oxygens (including phenoxy) is 2. The van der Waals surface area contributed by atoms with Gasteiger partial charge in [-0.2, -0.15) is 0 Å². The molecule has 0 fully saturated rings. The molecule has 5 nitrogen and oxygen atoms in total. The molecule has 128 valence electrons. The summed E-state index contributed by atoms with van der Waals surface area (Å²) < 4.78 is 10.8. The second-order valence-electron chi connectivity index (χ2n) is 5.32. The molecular formula is C19H22O5. The Labute approximate surface area is 141 Å². The van der Waals surface area contributed by atoms with Crippen molar-refractivity contribution in [3.8, 4) is 23.0 Å². The van der Waals surface area contributed by atoms with Gasteiger partial charge in [-0.1, -0.05) is 13.3 Å². The summed E-state index contributed by atoms with van der Waals surface area (Å²) in [5.41, 5.74) is 0.214. The van der Waals surface area contributed by atoms with E-state index in [9.17, 15) is 15.0 Å². The molecule has 0 saturated carbocycles. The standard InChI is InChI=1S/C19H22O5/c1-3-5-10-24-14-7-9-16(18(21)12-14)19(22)15-8-6-13(23-4-2)11-17(15)20/h6-9,11-12,20-21H,3-5,10H2,1-2H3. The third-order valence-electron chi connectivity index (χ3n) is 3.51. The summed E-state index contributed by atoms with van der Waals surface area (Å²) in [6, 6.07) is 9.01. The molecule has 2 aromatic rings. The number of phenols is 2. The van der Waals surface area contributed by atoms with Crippen molar-refractivity contribution in [1.82, 2.24) is 0 Å². The predicted octanol–water partition coefficient (Wildman–Crippen LogP) is 3.91. The van der Waals surface area contributed by atoms with Gasteiger partial charge in [-0.3, -0.25) is 4.79 Å². The Morgan fingerprint density at radius 2 is 1.46 bits per heavy atom. The highest BCUT2D eigenvalue weighted by molar-refractivity contribution is 6.12. The first-order chi connectivity index (χ1) is 11.6. The molecule has 0 saturated heterocycles. The zero-order valence-corrected chi connectivity index (χ0v) is 13.9. The van der Waals surface area contributed by atoms with Crippen molar-refractivity contribution >= 4 is 5.78 Å². The average molecular weight is 330 g/mol. The number of hydrogen-bond acceptors (Lipinski definition) is 5. The summed E-state index contributed by atoms with van der Waals surface area (Å²) in [4.78, 5) is 12.5. The molecule has 0 amide bonds. The Morgan fingerprint density at radius 1 is 0.917 bits per heavy atom. The van der Waals surface area contributed by atoms with Crippen LogP contribution in [0.4, 0.5) is 0 Å². The fourth-order valence-corrected chi connectivity index (χ4v) is 2.23. The van der Waals surface area contributed by atoms with Crippen LogP contribution in [0.3, 0.4) is 0 Å². The molecule has 5 heteroatoms. The number of carbonyl (C=O) groups excluding carboxylic acids is 1. The van der Waals surface area contributed by atoms with Gasteiger partial charge in [0.25, 0.3) is 0 Å². The molecular weight excluding hydrogens is 308 g/mol. The molecule has 0 atom stereocenters. The highest BCUT2D eigenvalue weighted by Crippen LogP contribution is 2.30. The van der Waals surface area contributed by atoms with Crippen molar-refractivity contribution in [1.29, 1.82) is 0 Å². The van der Waals surface area contributed by atoms with Crippen molar-refractivity contribution in [2.24, 2.45) is 0 Å². The van der Waals surface area contributed by atoms with Crippen molar-refractivity contribution in [3.63, 3.8) is 0 Å². The molecule has 0 aliphatic carbocycles. The molecule has 0 heterocycles. The van der Waals surface area contributed by atoms with Crippen LogP contribution in [0.15, 0.2) is 36.4 Å². The highest BCUT2D eigenvalue weighted by atomic mass is 16.5. The average Bonchev–Trinajstić information content (AvgIpc) is 2.55. The van der Waals surface area contributed by atoms with Gasteiger partial charge in [0.1, 0.15) is 23.0 Å². The minimum absolute atomic E-state index is 0.105. The zero-order valence-electron chi connectivity index (χ0n) is 13.9. The molecule has 2 N–H and O–H groups in total. The Balaban J connectivity index is 2.20. The van der Waals surface area contributed by atoms with E-state index in [1.807, 2.05) is 6.92 Å². The highest BCUT2D eigenvalue weighted by Gasteiger charge is 2.18. The van der Waals surface area contributed by atoms with Crippen LogP contribution >= 0.6 is 0 Å². The van der Waals surface area contributed by atoms with Crippen LogP contribution in [-0.2, 0) is 0 Å². The lowest BCUT2D eigenvalue weighted by molar-refractivity contribution is 0.103. The van der Waals surface area contributed by atoms with E-state index >= 15 is 0 Å². The zero-order chi connectivity index (χ0) is 17.5. The maximum Gasteiger partial charge on any atom is 0.200 e. The number of benzene rings is 2. The molecule has 2 rings (SSSR count). The second-order valence-corrected chi connectivity index (χ2v) is 5.32. The lowest BCUT2D eigenvalue weighted by Crippen LogP contribution is -2.03. The number of ketones is 1. The molecule has 0 bridgehead atoms. The third-order valence-corrected chi connectivity index (χ3v) is 3.51. The lowest BCUT2D eigenvalue weighted by atomic mass is 10.0. The summed E-state index contributed by atoms with van der Waals surface area (Å²) in [6.07, 6.45) is 1.93. The predicted molar refractivity (Wildman–Crippen MR) is 91.2 cm³/mol. The van der Waals surface area contributed by atoms with E-state index in [-0.39, 0.29) is 22.6 Å².